The van der Waals surface area contributed by atoms with E-state index in [0.717, 1.165) is 55.4 Å². The van der Waals surface area contributed by atoms with Crippen LogP contribution in [0.3, 0.4) is 0 Å². The van der Waals surface area contributed by atoms with Crippen LogP contribution in [0.5, 0.6) is 5.75 Å². The summed E-state index contributed by atoms with van der Waals surface area (Å²) in [5, 5.41) is 6.37. The molecule has 0 unspecified atom stereocenters. The van der Waals surface area contributed by atoms with Gasteiger partial charge in [-0.2, -0.15) is 4.31 Å². The number of sulfonamides is 1. The molecule has 0 spiro atoms. The van der Waals surface area contributed by atoms with Crippen LogP contribution < -0.4 is 15.4 Å². The number of amides is 2. The number of piperidine rings is 1. The zero-order valence-corrected chi connectivity index (χ0v) is 23.8. The zero-order valence-electron chi connectivity index (χ0n) is 22.2. The average molecular weight is 568 g/mol. The van der Waals surface area contributed by atoms with Gasteiger partial charge in [-0.25, -0.2) is 8.42 Å². The minimum atomic E-state index is -3.70. The maximum atomic E-state index is 13.5. The SMILES string of the molecule is COc1ccc(NC(=O)c2c(NC(=O)c3ccc(C)c(S(=O)(=O)N4CCCCC4)c3)sc3c2CCCC3)cc1. The van der Waals surface area contributed by atoms with Crippen LogP contribution in [0.4, 0.5) is 10.7 Å². The fourth-order valence-electron chi connectivity index (χ4n) is 5.20. The minimum Gasteiger partial charge on any atom is -0.497 e. The summed E-state index contributed by atoms with van der Waals surface area (Å²) in [6, 6.07) is 11.8. The van der Waals surface area contributed by atoms with Gasteiger partial charge in [0.25, 0.3) is 11.8 Å². The van der Waals surface area contributed by atoms with Gasteiger partial charge in [-0.05, 0) is 93.0 Å². The van der Waals surface area contributed by atoms with Gasteiger partial charge in [0.1, 0.15) is 10.8 Å². The molecule has 2 aromatic carbocycles. The molecule has 0 saturated carbocycles. The first-order chi connectivity index (χ1) is 18.8. The van der Waals surface area contributed by atoms with Gasteiger partial charge in [0.2, 0.25) is 10.0 Å². The van der Waals surface area contributed by atoms with Gasteiger partial charge in [-0.1, -0.05) is 12.5 Å². The summed E-state index contributed by atoms with van der Waals surface area (Å²) >= 11 is 1.43. The first-order valence-corrected chi connectivity index (χ1v) is 15.6. The lowest BCUT2D eigenvalue weighted by Crippen LogP contribution is -2.36. The molecule has 1 aliphatic carbocycles. The van der Waals surface area contributed by atoms with E-state index in [4.69, 9.17) is 4.74 Å². The van der Waals surface area contributed by atoms with Gasteiger partial charge < -0.3 is 15.4 Å². The number of benzene rings is 2. The van der Waals surface area contributed by atoms with E-state index in [0.29, 0.717) is 40.7 Å². The van der Waals surface area contributed by atoms with Crippen molar-refractivity contribution >= 4 is 43.9 Å². The standard InChI is InChI=1S/C29H33N3O5S2/c1-19-10-11-20(18-25(19)39(35,36)32-16-6-3-7-17-32)27(33)31-29-26(23-8-4-5-9-24(23)38-29)28(34)30-21-12-14-22(37-2)15-13-21/h10-15,18H,3-9,16-17H2,1-2H3,(H,30,34)(H,31,33). The smallest absolute Gasteiger partial charge is 0.258 e. The molecule has 2 N–H and O–H groups in total. The van der Waals surface area contributed by atoms with Crippen LogP contribution >= 0.6 is 11.3 Å². The molecule has 1 fully saturated rings. The Bertz CT molecular complexity index is 1490. The van der Waals surface area contributed by atoms with Crippen LogP contribution in [0.15, 0.2) is 47.4 Å². The lowest BCUT2D eigenvalue weighted by molar-refractivity contribution is 0.102. The van der Waals surface area contributed by atoms with Crippen molar-refractivity contribution in [3.63, 3.8) is 0 Å². The Morgan fingerprint density at radius 3 is 2.33 bits per heavy atom. The van der Waals surface area contributed by atoms with Gasteiger partial charge in [0, 0.05) is 29.2 Å². The van der Waals surface area contributed by atoms with Gasteiger partial charge in [-0.3, -0.25) is 9.59 Å². The Labute approximate surface area is 233 Å². The van der Waals surface area contributed by atoms with E-state index in [-0.39, 0.29) is 16.4 Å². The van der Waals surface area contributed by atoms with E-state index >= 15 is 0 Å². The van der Waals surface area contributed by atoms with E-state index in [1.54, 1.807) is 50.4 Å². The third kappa shape index (κ3) is 5.73. The molecule has 5 rings (SSSR count). The number of ether oxygens (including phenoxy) is 1. The predicted octanol–water partition coefficient (Wildman–Crippen LogP) is 5.62. The predicted molar refractivity (Wildman–Crippen MR) is 154 cm³/mol. The highest BCUT2D eigenvalue weighted by Crippen LogP contribution is 2.39. The van der Waals surface area contributed by atoms with Crippen LogP contribution in [0, 0.1) is 6.92 Å². The van der Waals surface area contributed by atoms with Crippen molar-refractivity contribution in [2.24, 2.45) is 0 Å². The van der Waals surface area contributed by atoms with E-state index in [1.165, 1.54) is 21.7 Å². The molecule has 2 amide bonds. The Kier molecular flexibility index (Phi) is 8.06. The number of methoxy groups -OCH3 is 1. The molecule has 206 valence electrons. The number of carbonyl (C=O) groups excluding carboxylic acids is 2. The molecule has 0 bridgehead atoms. The zero-order chi connectivity index (χ0) is 27.6. The van der Waals surface area contributed by atoms with Crippen LogP contribution in [-0.4, -0.2) is 44.7 Å². The van der Waals surface area contributed by atoms with Crippen LogP contribution in [0.2, 0.25) is 0 Å². The highest BCUT2D eigenvalue weighted by Gasteiger charge is 2.30. The second kappa shape index (κ2) is 11.5. The molecule has 2 heterocycles. The molecule has 1 aromatic heterocycles. The molecule has 39 heavy (non-hydrogen) atoms. The lowest BCUT2D eigenvalue weighted by atomic mass is 9.95. The summed E-state index contributed by atoms with van der Waals surface area (Å²) in [4.78, 5) is 28.2. The number of hydrogen-bond donors (Lipinski definition) is 2. The topological polar surface area (TPSA) is 105 Å². The van der Waals surface area contributed by atoms with Crippen molar-refractivity contribution in [3.8, 4) is 5.75 Å². The maximum Gasteiger partial charge on any atom is 0.258 e. The Morgan fingerprint density at radius 2 is 1.62 bits per heavy atom. The quantitative estimate of drug-likeness (QED) is 0.385. The van der Waals surface area contributed by atoms with Crippen molar-refractivity contribution in [2.45, 2.75) is 56.8 Å². The van der Waals surface area contributed by atoms with Crippen LogP contribution in [-0.2, 0) is 22.9 Å². The molecule has 10 heteroatoms. The van der Waals surface area contributed by atoms with Crippen LogP contribution in [0.25, 0.3) is 0 Å². The fourth-order valence-corrected chi connectivity index (χ4v) is 8.25. The Balaban J connectivity index is 1.42. The largest absolute Gasteiger partial charge is 0.497 e. The monoisotopic (exact) mass is 567 g/mol. The molecule has 0 radical (unpaired) electrons. The summed E-state index contributed by atoms with van der Waals surface area (Å²) < 4.78 is 33.4. The second-order valence-corrected chi connectivity index (χ2v) is 13.0. The molecule has 1 aliphatic heterocycles. The Morgan fingerprint density at radius 1 is 0.897 bits per heavy atom. The molecule has 8 nitrogen and oxygen atoms in total. The summed E-state index contributed by atoms with van der Waals surface area (Å²) in [7, 11) is -2.12. The van der Waals surface area contributed by atoms with Gasteiger partial charge in [0.05, 0.1) is 17.6 Å². The Hall–Kier alpha value is -3.21. The van der Waals surface area contributed by atoms with E-state index < -0.39 is 15.9 Å². The second-order valence-electron chi connectivity index (χ2n) is 10.00. The lowest BCUT2D eigenvalue weighted by Gasteiger charge is -2.26. The van der Waals surface area contributed by atoms with Crippen molar-refractivity contribution in [2.75, 3.05) is 30.8 Å². The highest BCUT2D eigenvalue weighted by molar-refractivity contribution is 7.89. The number of hydrogen-bond acceptors (Lipinski definition) is 6. The number of fused-ring (bicyclic) bond motifs is 1. The third-order valence-electron chi connectivity index (χ3n) is 7.36. The van der Waals surface area contributed by atoms with Crippen LogP contribution in [0.1, 0.15) is 68.8 Å². The number of nitrogens with zero attached hydrogens (tertiary/aromatic N) is 1. The molecule has 2 aliphatic rings. The minimum absolute atomic E-state index is 0.153. The third-order valence-corrected chi connectivity index (χ3v) is 10.6. The maximum absolute atomic E-state index is 13.5. The molecule has 0 atom stereocenters. The number of anilines is 2. The van der Waals surface area contributed by atoms with E-state index in [1.807, 2.05) is 0 Å². The van der Waals surface area contributed by atoms with Crippen molar-refractivity contribution in [1.82, 2.24) is 4.31 Å². The normalized spacial score (nSPS) is 15.8. The van der Waals surface area contributed by atoms with Crippen molar-refractivity contribution < 1.29 is 22.7 Å². The fraction of sp³-hybridized carbons (Fsp3) is 0.379. The van der Waals surface area contributed by atoms with Gasteiger partial charge in [-0.15, -0.1) is 11.3 Å². The first kappa shape index (κ1) is 27.4. The van der Waals surface area contributed by atoms with E-state index in [9.17, 15) is 18.0 Å². The number of nitrogens with one attached hydrogen (secondary N) is 2. The van der Waals surface area contributed by atoms with Gasteiger partial charge in [0.15, 0.2) is 0 Å². The number of aryl methyl sites for hydroxylation is 2. The molecule has 1 saturated heterocycles. The summed E-state index contributed by atoms with van der Waals surface area (Å²) in [5.74, 6) is -0.0389. The molecule has 3 aromatic rings. The molecular weight excluding hydrogens is 534 g/mol. The average Bonchev–Trinajstić information content (AvgIpc) is 3.32. The van der Waals surface area contributed by atoms with Crippen molar-refractivity contribution in [1.29, 1.82) is 0 Å². The number of thiophene rings is 1. The number of rotatable bonds is 7. The number of carbonyl (C=O) groups is 2. The van der Waals surface area contributed by atoms with Crippen molar-refractivity contribution in [3.05, 3.63) is 69.6 Å². The molecular formula is C29H33N3O5S2. The first-order valence-electron chi connectivity index (χ1n) is 13.3. The van der Waals surface area contributed by atoms with Gasteiger partial charge >= 0.3 is 0 Å². The summed E-state index contributed by atoms with van der Waals surface area (Å²) in [6.45, 7) is 2.73. The van der Waals surface area contributed by atoms with E-state index in [2.05, 4.69) is 10.6 Å². The summed E-state index contributed by atoms with van der Waals surface area (Å²) in [5.41, 5.74) is 2.92. The highest BCUT2D eigenvalue weighted by atomic mass is 32.2. The summed E-state index contributed by atoms with van der Waals surface area (Å²) in [6.07, 6.45) is 6.35.